The first-order valence-corrected chi connectivity index (χ1v) is 26.0. The van der Waals surface area contributed by atoms with Crippen molar-refractivity contribution in [2.24, 2.45) is 39.9 Å². The summed E-state index contributed by atoms with van der Waals surface area (Å²) in [5, 5.41) is 68.0. The quantitative estimate of drug-likeness (QED) is 0.105. The molecule has 1 spiro atoms. The second-order valence-corrected chi connectivity index (χ2v) is 22.5. The van der Waals surface area contributed by atoms with Gasteiger partial charge >= 0.3 is 12.1 Å². The summed E-state index contributed by atoms with van der Waals surface area (Å²) >= 11 is 0. The molecule has 15 atom stereocenters. The number of carboxylic acids is 1. The fourth-order valence-corrected chi connectivity index (χ4v) is 14.1. The molecule has 3 amide bonds. The molecule has 4 saturated heterocycles. The second-order valence-electron chi connectivity index (χ2n) is 22.5. The van der Waals surface area contributed by atoms with E-state index in [0.29, 0.717) is 50.1 Å². The zero-order valence-corrected chi connectivity index (χ0v) is 42.6. The Balaban J connectivity index is 0.730. The molecule has 0 radical (unpaired) electrons. The lowest BCUT2D eigenvalue weighted by molar-refractivity contribution is -0.271. The number of ketones is 2. The van der Waals surface area contributed by atoms with Crippen molar-refractivity contribution in [2.45, 2.75) is 126 Å². The fraction of sp³-hybridized carbons (Fsp3) is 0.593. The first-order chi connectivity index (χ1) is 36.7. The zero-order chi connectivity index (χ0) is 54.8. The number of ether oxygens (including phenoxy) is 6. The van der Waals surface area contributed by atoms with Gasteiger partial charge in [0.25, 0.3) is 0 Å². The summed E-state index contributed by atoms with van der Waals surface area (Å²) in [5.41, 5.74) is 0.0835. The first-order valence-electron chi connectivity index (χ1n) is 26.0. The van der Waals surface area contributed by atoms with Gasteiger partial charge in [-0.2, -0.15) is 0 Å². The van der Waals surface area contributed by atoms with Gasteiger partial charge in [0.15, 0.2) is 29.6 Å². The van der Waals surface area contributed by atoms with Gasteiger partial charge in [0.05, 0.1) is 30.6 Å². The van der Waals surface area contributed by atoms with Crippen molar-refractivity contribution in [3.63, 3.8) is 0 Å². The number of hydrogen-bond acceptors (Lipinski definition) is 19. The van der Waals surface area contributed by atoms with Crippen LogP contribution in [-0.2, 0) is 65.5 Å². The van der Waals surface area contributed by atoms with Crippen molar-refractivity contribution in [1.29, 1.82) is 0 Å². The largest absolute Gasteiger partial charge is 0.479 e. The van der Waals surface area contributed by atoms with Crippen LogP contribution in [0.4, 0.5) is 10.5 Å². The van der Waals surface area contributed by atoms with Gasteiger partial charge in [-0.25, -0.2) is 15.5 Å². The van der Waals surface area contributed by atoms with Gasteiger partial charge in [0.1, 0.15) is 43.9 Å². The van der Waals surface area contributed by atoms with Gasteiger partial charge in [-0.05, 0) is 85.8 Å². The maximum atomic E-state index is 14.0. The Morgan fingerprint density at radius 2 is 1.69 bits per heavy atom. The van der Waals surface area contributed by atoms with E-state index in [1.807, 2.05) is 37.3 Å². The maximum absolute atomic E-state index is 14.0. The molecule has 8 aliphatic rings. The number of carboxylic acid groups (broad SMARTS) is 1. The molecule has 0 aromatic heterocycles. The number of nitrogens with one attached hydrogen (secondary N) is 2. The van der Waals surface area contributed by atoms with E-state index in [2.05, 4.69) is 22.4 Å². The Bertz CT molecular complexity index is 2710. The number of aliphatic hydroxyl groups is 5. The van der Waals surface area contributed by atoms with Crippen LogP contribution in [0.3, 0.4) is 0 Å². The highest BCUT2D eigenvalue weighted by Crippen LogP contribution is 2.70. The van der Waals surface area contributed by atoms with Crippen LogP contribution < -0.4 is 21.3 Å². The van der Waals surface area contributed by atoms with Gasteiger partial charge in [-0.1, -0.05) is 55.8 Å². The Morgan fingerprint density at radius 3 is 2.42 bits per heavy atom. The Hall–Kier alpha value is -5.70. The van der Waals surface area contributed by atoms with Crippen molar-refractivity contribution >= 4 is 41.1 Å². The third-order valence-electron chi connectivity index (χ3n) is 17.7. The maximum Gasteiger partial charge on any atom is 0.410 e. The number of allylic oxidation sites excluding steroid dienone is 4. The van der Waals surface area contributed by atoms with E-state index in [9.17, 15) is 59.4 Å². The average Bonchev–Trinajstić information content (AvgIpc) is 4.30. The standard InChI is InChI=1S/C54H66N4O19/c1-51-13-11-31(60)17-30(51)8-9-33-34-18-39-54(38(62)21-59,52(34,2)20-36(61)42(33)51)77-48(75-39)29-6-3-27(4-7-29)15-32-19-53(26-72-32)24-58(25-53)50(70)71-22-28-5-10-37(35(16-28)57-40(63)12-14-56-41(64)23-73-55)74-49-45(67)43(65)44(66)46(76-49)47(68)69/h3-7,10-11,13,16-17,32-34,36,39,42-46,48-49,59,61,65-67H,8-9,12,14-15,18-26,55H2,1-2H3,(H,56,64)(H,57,63)(H,68,69)/t32?,33-,34-,36-,39+,42+,43-,44-,45+,46-,48+,49+,51-,52-,54+/m0/s1. The molecule has 23 nitrogen and oxygen atoms in total. The molecule has 0 bridgehead atoms. The number of likely N-dealkylation sites (tertiary alicyclic amines) is 1. The third-order valence-corrected chi connectivity index (χ3v) is 17.7. The number of anilines is 1. The predicted molar refractivity (Wildman–Crippen MR) is 263 cm³/mol. The molecule has 3 saturated carbocycles. The van der Waals surface area contributed by atoms with Gasteiger partial charge in [0, 0.05) is 53.8 Å². The Morgan fingerprint density at radius 1 is 0.935 bits per heavy atom. The molecule has 1 unspecified atom stereocenters. The number of carbonyl (C=O) groups excluding carboxylic acids is 5. The van der Waals surface area contributed by atoms with Crippen LogP contribution >= 0.6 is 0 Å². The molecule has 416 valence electrons. The zero-order valence-electron chi connectivity index (χ0n) is 42.6. The predicted octanol–water partition coefficient (Wildman–Crippen LogP) is 0.866. The summed E-state index contributed by atoms with van der Waals surface area (Å²) in [6, 6.07) is 12.0. The topological polar surface area (TPSA) is 342 Å². The Labute approximate surface area is 442 Å². The van der Waals surface area contributed by atoms with Gasteiger partial charge in [0.2, 0.25) is 18.1 Å². The molecule has 23 heteroatoms. The van der Waals surface area contributed by atoms with Gasteiger partial charge in [-0.15, -0.1) is 0 Å². The fourth-order valence-electron chi connectivity index (χ4n) is 14.1. The van der Waals surface area contributed by atoms with Crippen LogP contribution in [0.5, 0.6) is 5.75 Å². The van der Waals surface area contributed by atoms with Crippen molar-refractivity contribution in [1.82, 2.24) is 10.2 Å². The SMILES string of the molecule is C[C@]12C=CC(=O)C=C1CC[C@@H]1[C@@H]2[C@@H](O)C[C@@]2(C)[C@H]1C[C@H]1O[C@@H](c3ccc(CC4CC5(CO4)CN(C(=O)OCc4ccc(O[C@@H]6O[C@H](C(=O)O)[C@@H](O)[C@H](O)[C@H]6O)c(NC(=O)CCNC(=O)CON)c4)C5)cc3)O[C@]12C(=O)CO. The van der Waals surface area contributed by atoms with E-state index in [1.54, 1.807) is 17.1 Å². The third kappa shape index (κ3) is 9.87. The van der Waals surface area contributed by atoms with E-state index < -0.39 is 109 Å². The Kier molecular flexibility index (Phi) is 15.0. The number of benzene rings is 2. The molecule has 7 fully saturated rings. The summed E-state index contributed by atoms with van der Waals surface area (Å²) in [5.74, 6) is 1.36. The highest BCUT2D eigenvalue weighted by Gasteiger charge is 2.76. The molecule has 10 rings (SSSR count). The van der Waals surface area contributed by atoms with E-state index in [4.69, 9.17) is 34.3 Å². The molecular formula is C54H66N4O19. The second kappa shape index (κ2) is 21.2. The molecule has 4 heterocycles. The highest BCUT2D eigenvalue weighted by molar-refractivity contribution is 6.01. The molecule has 10 N–H and O–H groups in total. The van der Waals surface area contributed by atoms with Crippen molar-refractivity contribution in [2.75, 3.05) is 44.8 Å². The van der Waals surface area contributed by atoms with Crippen LogP contribution in [0.2, 0.25) is 0 Å². The number of rotatable bonds is 16. The minimum absolute atomic E-state index is 0.0172. The first kappa shape index (κ1) is 54.6. The lowest BCUT2D eigenvalue weighted by Crippen LogP contribution is -2.63. The van der Waals surface area contributed by atoms with Crippen molar-refractivity contribution in [3.8, 4) is 5.75 Å². The summed E-state index contributed by atoms with van der Waals surface area (Å²) in [4.78, 5) is 81.9. The van der Waals surface area contributed by atoms with Crippen LogP contribution in [-0.4, -0.2) is 165 Å². The average molecular weight is 1080 g/mol. The molecular weight excluding hydrogens is 1010 g/mol. The number of amides is 3. The minimum atomic E-state index is -1.97. The number of nitrogens with zero attached hydrogens (tertiary/aromatic N) is 1. The molecule has 4 aliphatic heterocycles. The number of Topliss-reactive ketones (excluding diaryl/α,β-unsaturated/α-hetero) is 1. The highest BCUT2D eigenvalue weighted by atomic mass is 16.7. The van der Waals surface area contributed by atoms with E-state index in [-0.39, 0.29) is 72.5 Å². The normalized spacial score (nSPS) is 36.4. The number of fused-ring (bicyclic) bond motifs is 7. The summed E-state index contributed by atoms with van der Waals surface area (Å²) in [7, 11) is 0. The van der Waals surface area contributed by atoms with Crippen LogP contribution in [0.1, 0.15) is 75.4 Å². The smallest absolute Gasteiger partial charge is 0.410 e. The van der Waals surface area contributed by atoms with Crippen LogP contribution in [0, 0.1) is 34.0 Å². The van der Waals surface area contributed by atoms with Gasteiger partial charge < -0.3 is 74.6 Å². The minimum Gasteiger partial charge on any atom is -0.479 e. The van der Waals surface area contributed by atoms with E-state index in [1.165, 1.54) is 18.2 Å². The number of nitrogens with two attached hydrogens (primary N) is 1. The number of aliphatic hydroxyl groups excluding tert-OH is 5. The summed E-state index contributed by atoms with van der Waals surface area (Å²) in [6.07, 6.45) is -3.95. The van der Waals surface area contributed by atoms with E-state index in [0.717, 1.165) is 24.0 Å². The lowest BCUT2D eigenvalue weighted by atomic mass is 9.46. The lowest BCUT2D eigenvalue weighted by Gasteiger charge is -2.59. The van der Waals surface area contributed by atoms with Crippen molar-refractivity contribution in [3.05, 3.63) is 83.0 Å². The molecule has 77 heavy (non-hydrogen) atoms. The summed E-state index contributed by atoms with van der Waals surface area (Å²) < 4.78 is 36.3. The van der Waals surface area contributed by atoms with Crippen LogP contribution in [0.25, 0.3) is 0 Å². The summed E-state index contributed by atoms with van der Waals surface area (Å²) in [6.45, 7) is 3.83. The number of hydrogen-bond donors (Lipinski definition) is 9. The number of aliphatic carboxylic acids is 1. The molecule has 2 aromatic rings. The van der Waals surface area contributed by atoms with E-state index >= 15 is 0 Å². The van der Waals surface area contributed by atoms with Crippen LogP contribution in [0.15, 0.2) is 66.3 Å². The monoisotopic (exact) mass is 1070 g/mol. The molecule has 2 aromatic carbocycles. The van der Waals surface area contributed by atoms with Crippen molar-refractivity contribution < 1.29 is 92.7 Å². The number of carbonyl (C=O) groups is 6. The van der Waals surface area contributed by atoms with Gasteiger partial charge in [-0.3, -0.25) is 24.0 Å². The molecule has 4 aliphatic carbocycles.